The summed E-state index contributed by atoms with van der Waals surface area (Å²) in [6.07, 6.45) is 5.68. The summed E-state index contributed by atoms with van der Waals surface area (Å²) in [5.41, 5.74) is 0.962. The Kier molecular flexibility index (Phi) is 3.12. The van der Waals surface area contributed by atoms with Gasteiger partial charge in [0.15, 0.2) is 6.19 Å². The van der Waals surface area contributed by atoms with E-state index in [1.807, 2.05) is 41.9 Å². The Morgan fingerprint density at radius 1 is 1.32 bits per heavy atom. The van der Waals surface area contributed by atoms with Gasteiger partial charge < -0.3 is 4.74 Å². The van der Waals surface area contributed by atoms with Crippen molar-refractivity contribution in [1.29, 1.82) is 5.26 Å². The van der Waals surface area contributed by atoms with E-state index in [2.05, 4.69) is 11.3 Å². The summed E-state index contributed by atoms with van der Waals surface area (Å²) >= 11 is 1.54. The van der Waals surface area contributed by atoms with Crippen LogP contribution in [0.3, 0.4) is 0 Å². The molecule has 2 aromatic rings. The smallest absolute Gasteiger partial charge is 0.216 e. The third kappa shape index (κ3) is 2.41. The van der Waals surface area contributed by atoms with Crippen LogP contribution >= 0.6 is 11.8 Å². The molecule has 0 saturated heterocycles. The monoisotopic (exact) mass is 270 g/mol. The third-order valence-corrected chi connectivity index (χ3v) is 3.38. The molecule has 0 fully saturated rings. The van der Waals surface area contributed by atoms with E-state index in [0.717, 1.165) is 5.69 Å². The fourth-order valence-corrected chi connectivity index (χ4v) is 2.40. The van der Waals surface area contributed by atoms with Crippen LogP contribution in [0, 0.1) is 11.5 Å². The van der Waals surface area contributed by atoms with Gasteiger partial charge in [0.25, 0.3) is 0 Å². The Labute approximate surface area is 114 Å². The molecule has 0 saturated carbocycles. The van der Waals surface area contributed by atoms with Crippen LogP contribution < -0.4 is 4.74 Å². The number of thioether (sulfide) groups is 1. The summed E-state index contributed by atoms with van der Waals surface area (Å²) in [4.78, 5) is 1.51. The van der Waals surface area contributed by atoms with Crippen LogP contribution in [0.15, 0.2) is 54.0 Å². The highest BCUT2D eigenvalue weighted by atomic mass is 32.2. The molecule has 0 aliphatic carbocycles. The van der Waals surface area contributed by atoms with Crippen LogP contribution in [0.4, 0.5) is 0 Å². The molecule has 3 rings (SSSR count). The Bertz CT molecular complexity index is 628. The Hall–Kier alpha value is -2.39. The molecule has 0 atom stereocenters. The lowest BCUT2D eigenvalue weighted by molar-refractivity contribution is 0.308. The third-order valence-electron chi connectivity index (χ3n) is 2.60. The van der Waals surface area contributed by atoms with Crippen molar-refractivity contribution in [1.82, 2.24) is 14.7 Å². The summed E-state index contributed by atoms with van der Waals surface area (Å²) < 4.78 is 7.44. The van der Waals surface area contributed by atoms with Gasteiger partial charge in [-0.15, -0.1) is 11.8 Å². The molecule has 94 valence electrons. The number of nitriles is 1. The van der Waals surface area contributed by atoms with Crippen molar-refractivity contribution < 1.29 is 4.74 Å². The standard InChI is InChI=1S/C13H10N4OS/c14-9-16-10-19-8-13(16)18-12-4-2-11(3-5-12)17-7-1-6-15-17/h1-8H,10H2. The summed E-state index contributed by atoms with van der Waals surface area (Å²) in [5, 5.41) is 14.9. The largest absolute Gasteiger partial charge is 0.440 e. The van der Waals surface area contributed by atoms with E-state index in [1.165, 1.54) is 16.7 Å². The summed E-state index contributed by atoms with van der Waals surface area (Å²) in [6, 6.07) is 9.42. The Balaban J connectivity index is 1.75. The second-order valence-electron chi connectivity index (χ2n) is 3.83. The van der Waals surface area contributed by atoms with Gasteiger partial charge in [-0.1, -0.05) is 0 Å². The van der Waals surface area contributed by atoms with E-state index in [1.54, 1.807) is 10.9 Å². The minimum absolute atomic E-state index is 0.569. The highest BCUT2D eigenvalue weighted by Gasteiger charge is 2.17. The Morgan fingerprint density at radius 3 is 2.84 bits per heavy atom. The number of hydrogen-bond donors (Lipinski definition) is 0. The zero-order valence-corrected chi connectivity index (χ0v) is 10.7. The number of hydrogen-bond acceptors (Lipinski definition) is 5. The molecule has 6 heteroatoms. The summed E-state index contributed by atoms with van der Waals surface area (Å²) in [5.74, 6) is 1.88. The molecule has 19 heavy (non-hydrogen) atoms. The number of benzene rings is 1. The molecule has 0 N–H and O–H groups in total. The average Bonchev–Trinajstić information content (AvgIpc) is 3.10. The molecule has 1 aliphatic heterocycles. The van der Waals surface area contributed by atoms with Crippen LogP contribution in [-0.2, 0) is 0 Å². The SMILES string of the molecule is N#CN1CSC=C1Oc1ccc(-n2cccn2)cc1. The molecular formula is C13H10N4OS. The molecule has 0 unspecified atom stereocenters. The fraction of sp³-hybridized carbons (Fsp3) is 0.0769. The number of ether oxygens (including phenoxy) is 1. The van der Waals surface area contributed by atoms with Crippen LogP contribution in [0.5, 0.6) is 5.75 Å². The predicted octanol–water partition coefficient (Wildman–Crippen LogP) is 2.54. The minimum atomic E-state index is 0.569. The van der Waals surface area contributed by atoms with E-state index < -0.39 is 0 Å². The number of nitrogens with zero attached hydrogens (tertiary/aromatic N) is 4. The molecule has 0 bridgehead atoms. The highest BCUT2D eigenvalue weighted by Crippen LogP contribution is 2.25. The van der Waals surface area contributed by atoms with Gasteiger partial charge in [0.05, 0.1) is 11.6 Å². The van der Waals surface area contributed by atoms with E-state index in [0.29, 0.717) is 17.5 Å². The molecule has 1 aliphatic rings. The average molecular weight is 270 g/mol. The number of aromatic nitrogens is 2. The zero-order valence-electron chi connectivity index (χ0n) is 9.93. The molecule has 1 aromatic carbocycles. The molecule has 0 amide bonds. The maximum absolute atomic E-state index is 8.91. The molecule has 2 heterocycles. The lowest BCUT2D eigenvalue weighted by Gasteiger charge is -2.12. The first-order valence-corrected chi connectivity index (χ1v) is 6.69. The quantitative estimate of drug-likeness (QED) is 0.802. The van der Waals surface area contributed by atoms with Gasteiger partial charge in [-0.3, -0.25) is 0 Å². The van der Waals surface area contributed by atoms with Crippen molar-refractivity contribution in [3.05, 3.63) is 54.0 Å². The van der Waals surface area contributed by atoms with Gasteiger partial charge in [0.2, 0.25) is 5.88 Å². The van der Waals surface area contributed by atoms with Gasteiger partial charge >= 0.3 is 0 Å². The van der Waals surface area contributed by atoms with Crippen LogP contribution in [0.25, 0.3) is 5.69 Å². The van der Waals surface area contributed by atoms with Crippen molar-refractivity contribution in [2.75, 3.05) is 5.88 Å². The molecular weight excluding hydrogens is 260 g/mol. The number of rotatable bonds is 3. The van der Waals surface area contributed by atoms with Crippen LogP contribution in [0.1, 0.15) is 0 Å². The lowest BCUT2D eigenvalue weighted by atomic mass is 10.3. The lowest BCUT2D eigenvalue weighted by Crippen LogP contribution is -2.15. The summed E-state index contributed by atoms with van der Waals surface area (Å²) in [7, 11) is 0. The van der Waals surface area contributed by atoms with E-state index >= 15 is 0 Å². The van der Waals surface area contributed by atoms with Crippen LogP contribution in [0.2, 0.25) is 0 Å². The van der Waals surface area contributed by atoms with Gasteiger partial charge in [0, 0.05) is 17.8 Å². The normalized spacial score (nSPS) is 14.1. The van der Waals surface area contributed by atoms with Crippen molar-refractivity contribution in [2.24, 2.45) is 0 Å². The molecule has 1 aromatic heterocycles. The maximum Gasteiger partial charge on any atom is 0.216 e. The summed E-state index contributed by atoms with van der Waals surface area (Å²) in [6.45, 7) is 0. The fourth-order valence-electron chi connectivity index (χ4n) is 1.68. The predicted molar refractivity (Wildman–Crippen MR) is 72.2 cm³/mol. The van der Waals surface area contributed by atoms with Crippen LogP contribution in [-0.4, -0.2) is 20.6 Å². The van der Waals surface area contributed by atoms with Gasteiger partial charge in [-0.2, -0.15) is 10.4 Å². The molecule has 0 spiro atoms. The van der Waals surface area contributed by atoms with E-state index in [9.17, 15) is 0 Å². The first-order valence-electron chi connectivity index (χ1n) is 5.64. The second kappa shape index (κ2) is 5.08. The zero-order chi connectivity index (χ0) is 13.1. The Morgan fingerprint density at radius 2 is 2.16 bits per heavy atom. The minimum Gasteiger partial charge on any atom is -0.440 e. The van der Waals surface area contributed by atoms with Gasteiger partial charge in [-0.05, 0) is 30.3 Å². The first kappa shape index (κ1) is 11.7. The van der Waals surface area contributed by atoms with Crippen molar-refractivity contribution in [2.45, 2.75) is 0 Å². The van der Waals surface area contributed by atoms with Crippen molar-refractivity contribution >= 4 is 11.8 Å². The topological polar surface area (TPSA) is 54.1 Å². The van der Waals surface area contributed by atoms with Gasteiger partial charge in [-0.25, -0.2) is 9.58 Å². The molecule has 0 radical (unpaired) electrons. The van der Waals surface area contributed by atoms with Crippen molar-refractivity contribution in [3.63, 3.8) is 0 Å². The second-order valence-corrected chi connectivity index (χ2v) is 4.65. The van der Waals surface area contributed by atoms with E-state index in [4.69, 9.17) is 10.00 Å². The first-order chi connectivity index (χ1) is 9.36. The van der Waals surface area contributed by atoms with Gasteiger partial charge in [0.1, 0.15) is 5.75 Å². The highest BCUT2D eigenvalue weighted by molar-refractivity contribution is 8.02. The van der Waals surface area contributed by atoms with E-state index in [-0.39, 0.29) is 0 Å². The maximum atomic E-state index is 8.91. The van der Waals surface area contributed by atoms with Crippen molar-refractivity contribution in [3.8, 4) is 17.6 Å². The molecule has 5 nitrogen and oxygen atoms in total.